The molecule has 1 N–H and O–H groups in total. The molecule has 6 heteroatoms. The summed E-state index contributed by atoms with van der Waals surface area (Å²) in [6.45, 7) is 6.81. The number of carbonyl (C=O) groups is 1. The Bertz CT molecular complexity index is 732. The number of carbonyl (C=O) groups excluding carboxylic acids is 1. The van der Waals surface area contributed by atoms with Gasteiger partial charge in [0.25, 0.3) is 5.91 Å². The molecule has 4 rings (SSSR count). The first-order valence-electron chi connectivity index (χ1n) is 8.56. The highest BCUT2D eigenvalue weighted by molar-refractivity contribution is 7.13. The number of hydrogen-bond donors (Lipinski definition) is 1. The molecular weight excluding hydrogens is 338 g/mol. The molecule has 2 fully saturated rings. The van der Waals surface area contributed by atoms with Crippen molar-refractivity contribution < 1.29 is 4.79 Å². The zero-order valence-electron chi connectivity index (χ0n) is 14.2. The van der Waals surface area contributed by atoms with E-state index in [4.69, 9.17) is 0 Å². The van der Waals surface area contributed by atoms with E-state index in [9.17, 15) is 4.79 Å². The smallest absolute Gasteiger partial charge is 0.266 e. The average Bonchev–Trinajstić information content (AvgIpc) is 2.92. The fourth-order valence-electron chi connectivity index (χ4n) is 3.99. The molecule has 1 unspecified atom stereocenters. The van der Waals surface area contributed by atoms with Crippen molar-refractivity contribution in [1.29, 1.82) is 0 Å². The molecular formula is C18H23N3OS2. The summed E-state index contributed by atoms with van der Waals surface area (Å²) in [4.78, 5) is 20.7. The number of nitrogens with zero attached hydrogens (tertiary/aromatic N) is 2. The van der Waals surface area contributed by atoms with Gasteiger partial charge in [0, 0.05) is 12.6 Å². The molecule has 1 aliphatic heterocycles. The van der Waals surface area contributed by atoms with Crippen LogP contribution in [0.2, 0.25) is 0 Å². The summed E-state index contributed by atoms with van der Waals surface area (Å²) in [5.74, 6) is 0.171. The van der Waals surface area contributed by atoms with Gasteiger partial charge in [0.2, 0.25) is 0 Å². The minimum atomic E-state index is 0.171. The highest BCUT2D eigenvalue weighted by Gasteiger charge is 2.58. The van der Waals surface area contributed by atoms with Gasteiger partial charge in [-0.3, -0.25) is 4.79 Å². The van der Waals surface area contributed by atoms with Crippen LogP contribution in [0.15, 0.2) is 16.8 Å². The molecule has 3 heterocycles. The number of thiazole rings is 1. The molecule has 1 saturated heterocycles. The maximum Gasteiger partial charge on any atom is 0.266 e. The zero-order valence-corrected chi connectivity index (χ0v) is 15.8. The first-order chi connectivity index (χ1) is 11.6. The molecule has 128 valence electrons. The van der Waals surface area contributed by atoms with E-state index in [1.165, 1.54) is 29.7 Å². The second kappa shape index (κ2) is 6.24. The third-order valence-corrected chi connectivity index (χ3v) is 7.21. The third-order valence-electron chi connectivity index (χ3n) is 5.41. The Hall–Kier alpha value is -1.24. The van der Waals surface area contributed by atoms with Crippen molar-refractivity contribution in [2.24, 2.45) is 5.41 Å². The maximum atomic E-state index is 13.3. The maximum absolute atomic E-state index is 13.3. The van der Waals surface area contributed by atoms with E-state index in [0.29, 0.717) is 11.5 Å². The number of thiophene rings is 1. The predicted octanol–water partition coefficient (Wildman–Crippen LogP) is 3.61. The molecule has 4 nitrogen and oxygen atoms in total. The monoisotopic (exact) mass is 361 g/mol. The van der Waals surface area contributed by atoms with Gasteiger partial charge in [-0.05, 0) is 74.0 Å². The van der Waals surface area contributed by atoms with Crippen LogP contribution in [-0.2, 0) is 6.54 Å². The summed E-state index contributed by atoms with van der Waals surface area (Å²) < 4.78 is 0. The second-order valence-electron chi connectivity index (χ2n) is 7.04. The highest BCUT2D eigenvalue weighted by atomic mass is 32.1. The number of nitrogens with one attached hydrogen (secondary N) is 1. The molecule has 0 bridgehead atoms. The Balaban J connectivity index is 1.61. The molecule has 2 aromatic heterocycles. The van der Waals surface area contributed by atoms with Crippen LogP contribution >= 0.6 is 22.7 Å². The van der Waals surface area contributed by atoms with Crippen LogP contribution in [0.5, 0.6) is 0 Å². The Morgan fingerprint density at radius 1 is 1.42 bits per heavy atom. The molecule has 1 spiro atoms. The molecule has 0 aromatic carbocycles. The molecule has 1 amide bonds. The molecule has 1 saturated carbocycles. The average molecular weight is 362 g/mol. The number of aromatic nitrogens is 1. The van der Waals surface area contributed by atoms with Gasteiger partial charge in [0.15, 0.2) is 0 Å². The van der Waals surface area contributed by atoms with Gasteiger partial charge in [-0.2, -0.15) is 11.3 Å². The number of hydrogen-bond acceptors (Lipinski definition) is 5. The van der Waals surface area contributed by atoms with Gasteiger partial charge in [0.1, 0.15) is 4.88 Å². The van der Waals surface area contributed by atoms with Crippen LogP contribution in [0.1, 0.15) is 45.2 Å². The van der Waals surface area contributed by atoms with Crippen molar-refractivity contribution in [3.05, 3.63) is 38.0 Å². The van der Waals surface area contributed by atoms with Gasteiger partial charge >= 0.3 is 0 Å². The summed E-state index contributed by atoms with van der Waals surface area (Å²) in [6, 6.07) is 2.52. The number of rotatable bonds is 4. The van der Waals surface area contributed by atoms with Crippen molar-refractivity contribution >= 4 is 28.6 Å². The molecule has 2 aliphatic rings. The van der Waals surface area contributed by atoms with Crippen molar-refractivity contribution in [3.8, 4) is 0 Å². The van der Waals surface area contributed by atoms with Crippen LogP contribution in [0.25, 0.3) is 0 Å². The van der Waals surface area contributed by atoms with Crippen LogP contribution in [-0.4, -0.2) is 34.9 Å². The molecule has 2 aromatic rings. The fourth-order valence-corrected chi connectivity index (χ4v) is 5.53. The quantitative estimate of drug-likeness (QED) is 0.905. The number of piperidine rings is 1. The molecule has 1 atom stereocenters. The lowest BCUT2D eigenvalue weighted by atomic mass is 9.93. The van der Waals surface area contributed by atoms with Crippen LogP contribution in [0.4, 0.5) is 0 Å². The first kappa shape index (κ1) is 16.2. The van der Waals surface area contributed by atoms with Crippen molar-refractivity contribution in [3.63, 3.8) is 0 Å². The van der Waals surface area contributed by atoms with Crippen molar-refractivity contribution in [1.82, 2.24) is 15.2 Å². The largest absolute Gasteiger partial charge is 0.330 e. The fraction of sp³-hybridized carbons (Fsp3) is 0.556. The number of amides is 1. The van der Waals surface area contributed by atoms with Crippen LogP contribution < -0.4 is 5.32 Å². The van der Waals surface area contributed by atoms with Gasteiger partial charge in [0.05, 0.1) is 10.7 Å². The summed E-state index contributed by atoms with van der Waals surface area (Å²) in [6.07, 6.45) is 3.53. The van der Waals surface area contributed by atoms with Gasteiger partial charge in [-0.25, -0.2) is 4.98 Å². The second-order valence-corrected chi connectivity index (χ2v) is 9.03. The predicted molar refractivity (Wildman–Crippen MR) is 98.7 cm³/mol. The van der Waals surface area contributed by atoms with Gasteiger partial charge < -0.3 is 10.2 Å². The molecule has 24 heavy (non-hydrogen) atoms. The summed E-state index contributed by atoms with van der Waals surface area (Å²) in [5.41, 5.74) is 2.46. The zero-order chi connectivity index (χ0) is 16.7. The lowest BCUT2D eigenvalue weighted by Gasteiger charge is -2.29. The lowest BCUT2D eigenvalue weighted by Crippen LogP contribution is -2.39. The minimum absolute atomic E-state index is 0.171. The summed E-state index contributed by atoms with van der Waals surface area (Å²) in [7, 11) is 0. The Morgan fingerprint density at radius 2 is 2.21 bits per heavy atom. The van der Waals surface area contributed by atoms with E-state index in [1.807, 2.05) is 13.8 Å². The van der Waals surface area contributed by atoms with Gasteiger partial charge in [-0.1, -0.05) is 0 Å². The van der Waals surface area contributed by atoms with Gasteiger partial charge in [-0.15, -0.1) is 11.3 Å². The van der Waals surface area contributed by atoms with Crippen molar-refractivity contribution in [2.75, 3.05) is 13.1 Å². The summed E-state index contributed by atoms with van der Waals surface area (Å²) in [5, 5.41) is 8.67. The lowest BCUT2D eigenvalue weighted by molar-refractivity contribution is 0.0696. The third kappa shape index (κ3) is 2.91. The topological polar surface area (TPSA) is 45.2 Å². The van der Waals surface area contributed by atoms with E-state index in [0.717, 1.165) is 41.6 Å². The van der Waals surface area contributed by atoms with E-state index < -0.39 is 0 Å². The van der Waals surface area contributed by atoms with Crippen LogP contribution in [0, 0.1) is 19.3 Å². The minimum Gasteiger partial charge on any atom is -0.330 e. The van der Waals surface area contributed by atoms with Crippen LogP contribution in [0.3, 0.4) is 0 Å². The Labute approximate surface area is 150 Å². The molecule has 0 radical (unpaired) electrons. The Kier molecular flexibility index (Phi) is 4.22. The standard InChI is InChI=1S/C18H23N3OS2/c1-12-16(24-13(2)20-12)17(22)21(10-14-3-8-23-11-14)15-9-18(15)4-6-19-7-5-18/h3,8,11,15,19H,4-7,9-10H2,1-2H3. The SMILES string of the molecule is Cc1nc(C)c(C(=O)N(Cc2ccsc2)C2CC23CCNCC3)s1. The first-order valence-corrected chi connectivity index (χ1v) is 10.3. The van der Waals surface area contributed by atoms with Crippen molar-refractivity contribution in [2.45, 2.75) is 45.7 Å². The highest BCUT2D eigenvalue weighted by Crippen LogP contribution is 2.56. The number of aryl methyl sites for hydroxylation is 2. The normalized spacial score (nSPS) is 21.8. The van der Waals surface area contributed by atoms with E-state index in [1.54, 1.807) is 11.3 Å². The van der Waals surface area contributed by atoms with E-state index in [-0.39, 0.29) is 5.91 Å². The Morgan fingerprint density at radius 3 is 2.83 bits per heavy atom. The van der Waals surface area contributed by atoms with E-state index >= 15 is 0 Å². The molecule has 1 aliphatic carbocycles. The van der Waals surface area contributed by atoms with E-state index in [2.05, 4.69) is 32.0 Å². The summed E-state index contributed by atoms with van der Waals surface area (Å²) >= 11 is 3.23.